The molecule has 0 aliphatic carbocycles. The van der Waals surface area contributed by atoms with Gasteiger partial charge in [0.1, 0.15) is 0 Å². The molecule has 6 N–H and O–H groups in total. The zero-order valence-electron chi connectivity index (χ0n) is 9.55. The fourth-order valence-corrected chi connectivity index (χ4v) is 1.80. The molecule has 7 heteroatoms. The minimum atomic E-state index is -3.74. The topological polar surface area (TPSA) is 118 Å². The number of aliphatic hydroxyl groups excluding tert-OH is 1. The summed E-state index contributed by atoms with van der Waals surface area (Å²) >= 11 is 0. The van der Waals surface area contributed by atoms with Crippen molar-refractivity contribution >= 4 is 21.4 Å². The molecule has 0 radical (unpaired) electrons. The Balaban J connectivity index is 2.84. The second-order valence-electron chi connectivity index (χ2n) is 3.74. The van der Waals surface area contributed by atoms with Gasteiger partial charge in [0.05, 0.1) is 22.4 Å². The maximum atomic E-state index is 11.1. The number of primary sulfonamides is 1. The van der Waals surface area contributed by atoms with Gasteiger partial charge in [-0.1, -0.05) is 6.92 Å². The number of rotatable bonds is 5. The van der Waals surface area contributed by atoms with Gasteiger partial charge < -0.3 is 16.2 Å². The zero-order valence-corrected chi connectivity index (χ0v) is 10.4. The Labute approximate surface area is 101 Å². The standard InChI is InChI=1S/C10H17N3O3S/c1-2-7(14)6-13-10-4-3-8(5-9(10)11)17(12,15)16/h3-5,7,13-14H,2,6,11H2,1H3,(H2,12,15,16). The third kappa shape index (κ3) is 3.88. The first-order valence-corrected chi connectivity index (χ1v) is 6.73. The lowest BCUT2D eigenvalue weighted by Gasteiger charge is -2.13. The van der Waals surface area contributed by atoms with Gasteiger partial charge in [-0.2, -0.15) is 0 Å². The van der Waals surface area contributed by atoms with Crippen LogP contribution in [-0.2, 0) is 10.0 Å². The van der Waals surface area contributed by atoms with Gasteiger partial charge in [-0.25, -0.2) is 13.6 Å². The molecular formula is C10H17N3O3S. The summed E-state index contributed by atoms with van der Waals surface area (Å²) in [5, 5.41) is 17.3. The summed E-state index contributed by atoms with van der Waals surface area (Å²) in [5.74, 6) is 0. The largest absolute Gasteiger partial charge is 0.397 e. The summed E-state index contributed by atoms with van der Waals surface area (Å²) < 4.78 is 22.1. The van der Waals surface area contributed by atoms with Crippen LogP contribution in [0, 0.1) is 0 Å². The van der Waals surface area contributed by atoms with Gasteiger partial charge in [-0.05, 0) is 24.6 Å². The fraction of sp³-hybridized carbons (Fsp3) is 0.400. The van der Waals surface area contributed by atoms with E-state index in [0.29, 0.717) is 18.7 Å². The van der Waals surface area contributed by atoms with Crippen LogP contribution in [0.15, 0.2) is 23.1 Å². The molecule has 0 aromatic heterocycles. The van der Waals surface area contributed by atoms with Gasteiger partial charge in [0, 0.05) is 6.54 Å². The molecule has 0 bridgehead atoms. The van der Waals surface area contributed by atoms with Crippen molar-refractivity contribution in [2.24, 2.45) is 5.14 Å². The number of anilines is 2. The molecule has 1 atom stereocenters. The summed E-state index contributed by atoms with van der Waals surface area (Å²) in [6, 6.07) is 4.18. The van der Waals surface area contributed by atoms with Gasteiger partial charge in [-0.15, -0.1) is 0 Å². The van der Waals surface area contributed by atoms with Crippen molar-refractivity contribution in [2.45, 2.75) is 24.3 Å². The molecule has 0 amide bonds. The first kappa shape index (κ1) is 13.8. The quantitative estimate of drug-likeness (QED) is 0.559. The van der Waals surface area contributed by atoms with E-state index in [0.717, 1.165) is 0 Å². The van der Waals surface area contributed by atoms with Crippen LogP contribution in [0.3, 0.4) is 0 Å². The highest BCUT2D eigenvalue weighted by Gasteiger charge is 2.10. The summed E-state index contributed by atoms with van der Waals surface area (Å²) in [5.41, 5.74) is 6.53. The molecule has 0 spiro atoms. The van der Waals surface area contributed by atoms with E-state index in [1.807, 2.05) is 6.92 Å². The van der Waals surface area contributed by atoms with Gasteiger partial charge in [-0.3, -0.25) is 0 Å². The van der Waals surface area contributed by atoms with Gasteiger partial charge in [0.2, 0.25) is 10.0 Å². The Morgan fingerprint density at radius 2 is 2.12 bits per heavy atom. The number of nitrogens with one attached hydrogen (secondary N) is 1. The average molecular weight is 259 g/mol. The number of nitrogen functional groups attached to an aromatic ring is 1. The second kappa shape index (κ2) is 5.35. The normalized spacial score (nSPS) is 13.4. The first-order valence-electron chi connectivity index (χ1n) is 5.19. The minimum absolute atomic E-state index is 0.0309. The molecule has 17 heavy (non-hydrogen) atoms. The predicted octanol–water partition coefficient (Wildman–Crippen LogP) is 0.0990. The van der Waals surface area contributed by atoms with Gasteiger partial charge in [0.15, 0.2) is 0 Å². The van der Waals surface area contributed by atoms with Crippen molar-refractivity contribution in [3.63, 3.8) is 0 Å². The minimum Gasteiger partial charge on any atom is -0.397 e. The Kier molecular flexibility index (Phi) is 4.33. The highest BCUT2D eigenvalue weighted by molar-refractivity contribution is 7.89. The van der Waals surface area contributed by atoms with Crippen LogP contribution in [0.5, 0.6) is 0 Å². The molecule has 0 aliphatic heterocycles. The average Bonchev–Trinajstić information content (AvgIpc) is 2.25. The number of sulfonamides is 1. The molecule has 0 saturated carbocycles. The van der Waals surface area contributed by atoms with Crippen molar-refractivity contribution in [2.75, 3.05) is 17.6 Å². The Bertz CT molecular complexity index is 488. The molecule has 1 aromatic rings. The van der Waals surface area contributed by atoms with Gasteiger partial charge in [0.25, 0.3) is 0 Å². The Hall–Kier alpha value is -1.31. The molecule has 6 nitrogen and oxygen atoms in total. The fourth-order valence-electron chi connectivity index (χ4n) is 1.25. The van der Waals surface area contributed by atoms with Crippen LogP contribution in [0.25, 0.3) is 0 Å². The van der Waals surface area contributed by atoms with E-state index in [2.05, 4.69) is 5.32 Å². The van der Waals surface area contributed by atoms with E-state index in [-0.39, 0.29) is 10.6 Å². The number of benzene rings is 1. The lowest BCUT2D eigenvalue weighted by Crippen LogP contribution is -2.19. The summed E-state index contributed by atoms with van der Waals surface area (Å²) in [6.45, 7) is 2.22. The molecule has 0 heterocycles. The predicted molar refractivity (Wildman–Crippen MR) is 67.0 cm³/mol. The van der Waals surface area contributed by atoms with Crippen molar-refractivity contribution in [3.8, 4) is 0 Å². The van der Waals surface area contributed by atoms with Crippen molar-refractivity contribution in [1.82, 2.24) is 0 Å². The molecule has 1 rings (SSSR count). The first-order chi connectivity index (χ1) is 7.84. The summed E-state index contributed by atoms with van der Waals surface area (Å²) in [4.78, 5) is -0.0309. The van der Waals surface area contributed by atoms with Crippen LogP contribution in [-0.4, -0.2) is 26.2 Å². The Morgan fingerprint density at radius 1 is 1.47 bits per heavy atom. The van der Waals surface area contributed by atoms with Crippen LogP contribution in [0.2, 0.25) is 0 Å². The smallest absolute Gasteiger partial charge is 0.238 e. The van der Waals surface area contributed by atoms with Crippen LogP contribution < -0.4 is 16.2 Å². The maximum Gasteiger partial charge on any atom is 0.238 e. The van der Waals surface area contributed by atoms with E-state index in [1.165, 1.54) is 18.2 Å². The third-order valence-electron chi connectivity index (χ3n) is 2.35. The van der Waals surface area contributed by atoms with E-state index >= 15 is 0 Å². The summed E-state index contributed by atoms with van der Waals surface area (Å²) in [7, 11) is -3.74. The zero-order chi connectivity index (χ0) is 13.1. The number of hydrogen-bond donors (Lipinski definition) is 4. The Morgan fingerprint density at radius 3 is 2.59 bits per heavy atom. The second-order valence-corrected chi connectivity index (χ2v) is 5.30. The highest BCUT2D eigenvalue weighted by Crippen LogP contribution is 2.21. The van der Waals surface area contributed by atoms with Crippen molar-refractivity contribution < 1.29 is 13.5 Å². The molecular weight excluding hydrogens is 242 g/mol. The van der Waals surface area contributed by atoms with E-state index in [4.69, 9.17) is 10.9 Å². The van der Waals surface area contributed by atoms with Crippen LogP contribution in [0.4, 0.5) is 11.4 Å². The van der Waals surface area contributed by atoms with E-state index in [1.54, 1.807) is 0 Å². The lowest BCUT2D eigenvalue weighted by molar-refractivity contribution is 0.183. The molecule has 0 saturated heterocycles. The molecule has 0 fully saturated rings. The molecule has 1 unspecified atom stereocenters. The summed E-state index contributed by atoms with van der Waals surface area (Å²) in [6.07, 6.45) is 0.162. The van der Waals surface area contributed by atoms with Crippen molar-refractivity contribution in [3.05, 3.63) is 18.2 Å². The van der Waals surface area contributed by atoms with Gasteiger partial charge >= 0.3 is 0 Å². The third-order valence-corrected chi connectivity index (χ3v) is 3.26. The van der Waals surface area contributed by atoms with E-state index < -0.39 is 16.1 Å². The maximum absolute atomic E-state index is 11.1. The van der Waals surface area contributed by atoms with Crippen LogP contribution >= 0.6 is 0 Å². The van der Waals surface area contributed by atoms with E-state index in [9.17, 15) is 13.5 Å². The number of hydrogen-bond acceptors (Lipinski definition) is 5. The molecule has 96 valence electrons. The van der Waals surface area contributed by atoms with Crippen LogP contribution in [0.1, 0.15) is 13.3 Å². The lowest BCUT2D eigenvalue weighted by atomic mass is 10.2. The molecule has 1 aromatic carbocycles. The monoisotopic (exact) mass is 259 g/mol. The molecule has 0 aliphatic rings. The highest BCUT2D eigenvalue weighted by atomic mass is 32.2. The van der Waals surface area contributed by atoms with Crippen molar-refractivity contribution in [1.29, 1.82) is 0 Å². The number of nitrogens with two attached hydrogens (primary N) is 2. The SMILES string of the molecule is CCC(O)CNc1ccc(S(N)(=O)=O)cc1N. The number of aliphatic hydroxyl groups is 1.